The van der Waals surface area contributed by atoms with Gasteiger partial charge in [-0.25, -0.2) is 15.0 Å². The summed E-state index contributed by atoms with van der Waals surface area (Å²) in [7, 11) is 0. The third-order valence-electron chi connectivity index (χ3n) is 7.93. The third-order valence-corrected chi connectivity index (χ3v) is 7.93. The molecule has 4 rings (SSSR count). The van der Waals surface area contributed by atoms with Crippen molar-refractivity contribution in [1.82, 2.24) is 15.0 Å². The maximum Gasteiger partial charge on any atom is 0.167 e. The molecule has 2 N–H and O–H groups in total. The number of nitrogens with zero attached hydrogens (tertiary/aromatic N) is 3. The van der Waals surface area contributed by atoms with Crippen molar-refractivity contribution < 1.29 is 19.7 Å². The molecule has 0 aliphatic heterocycles. The zero-order valence-electron chi connectivity index (χ0n) is 26.2. The molecule has 1 heterocycles. The summed E-state index contributed by atoms with van der Waals surface area (Å²) in [5.74, 6) is 1.89. The largest absolute Gasteiger partial charge is 0.507 e. The molecule has 0 saturated heterocycles. The van der Waals surface area contributed by atoms with E-state index < -0.39 is 6.10 Å². The molecule has 0 saturated carbocycles. The highest BCUT2D eigenvalue weighted by Gasteiger charge is 2.18. The molecule has 7 nitrogen and oxygen atoms in total. The van der Waals surface area contributed by atoms with Crippen molar-refractivity contribution in [2.75, 3.05) is 19.8 Å². The zero-order chi connectivity index (χ0) is 30.8. The quantitative estimate of drug-likeness (QED) is 0.137. The van der Waals surface area contributed by atoms with Crippen LogP contribution in [0.15, 0.2) is 54.6 Å². The lowest BCUT2D eigenvalue weighted by molar-refractivity contribution is 0.0109. The van der Waals surface area contributed by atoms with Crippen molar-refractivity contribution >= 4 is 0 Å². The fourth-order valence-electron chi connectivity index (χ4n) is 4.96. The molecule has 0 amide bonds. The maximum atomic E-state index is 11.0. The minimum atomic E-state index is -0.759. The Hall–Kier alpha value is -3.81. The third kappa shape index (κ3) is 8.62. The van der Waals surface area contributed by atoms with Crippen LogP contribution in [0.25, 0.3) is 34.2 Å². The van der Waals surface area contributed by atoms with Crippen LogP contribution in [-0.2, 0) is 4.74 Å². The number of unbranched alkanes of at least 4 members (excludes halogenated alkanes) is 5. The summed E-state index contributed by atoms with van der Waals surface area (Å²) in [6.45, 7) is 11.4. The van der Waals surface area contributed by atoms with Crippen LogP contribution in [0.4, 0.5) is 0 Å². The first-order valence-corrected chi connectivity index (χ1v) is 15.4. The van der Waals surface area contributed by atoms with Gasteiger partial charge in [-0.2, -0.15) is 0 Å². The van der Waals surface area contributed by atoms with E-state index in [9.17, 15) is 10.2 Å². The second-order valence-corrected chi connectivity index (χ2v) is 11.3. The van der Waals surface area contributed by atoms with E-state index in [0.717, 1.165) is 46.2 Å². The molecule has 0 aliphatic carbocycles. The standard InChI is InChI=1S/C36H45N3O4/c1-6-7-8-9-10-11-20-42-22-28(40)23-43-29-18-19-32(33(41)21-29)36-38-34(30-16-12-14-24(2)26(30)4)37-35(39-36)31-17-13-15-25(3)27(31)5/h12-19,21,28,40-41H,6-11,20,22-23H2,1-5H3. The van der Waals surface area contributed by atoms with Gasteiger partial charge in [0.25, 0.3) is 0 Å². The van der Waals surface area contributed by atoms with Crippen LogP contribution in [0.1, 0.15) is 67.7 Å². The summed E-state index contributed by atoms with van der Waals surface area (Å²) in [4.78, 5) is 14.5. The highest BCUT2D eigenvalue weighted by atomic mass is 16.5. The smallest absolute Gasteiger partial charge is 0.167 e. The summed E-state index contributed by atoms with van der Waals surface area (Å²) in [5.41, 5.74) is 6.78. The maximum absolute atomic E-state index is 11.0. The van der Waals surface area contributed by atoms with Gasteiger partial charge in [0.05, 0.1) is 12.2 Å². The van der Waals surface area contributed by atoms with Crippen LogP contribution in [0, 0.1) is 27.7 Å². The average molecular weight is 584 g/mol. The van der Waals surface area contributed by atoms with Crippen LogP contribution in [-0.4, -0.2) is 51.1 Å². The van der Waals surface area contributed by atoms with Gasteiger partial charge in [-0.15, -0.1) is 0 Å². The summed E-state index contributed by atoms with van der Waals surface area (Å²) < 4.78 is 11.4. The fraction of sp³-hybridized carbons (Fsp3) is 0.417. The molecule has 4 aromatic rings. The highest BCUT2D eigenvalue weighted by Crippen LogP contribution is 2.34. The van der Waals surface area contributed by atoms with Crippen molar-refractivity contribution in [2.45, 2.75) is 79.2 Å². The zero-order valence-corrected chi connectivity index (χ0v) is 26.2. The lowest BCUT2D eigenvalue weighted by atomic mass is 10.0. The van der Waals surface area contributed by atoms with Gasteiger partial charge < -0.3 is 19.7 Å². The van der Waals surface area contributed by atoms with Crippen LogP contribution in [0.3, 0.4) is 0 Å². The van der Waals surface area contributed by atoms with E-state index in [4.69, 9.17) is 24.4 Å². The molecule has 1 aromatic heterocycles. The normalized spacial score (nSPS) is 12.0. The van der Waals surface area contributed by atoms with Gasteiger partial charge in [0.1, 0.15) is 24.2 Å². The molecule has 3 aromatic carbocycles. The molecule has 1 unspecified atom stereocenters. The van der Waals surface area contributed by atoms with Crippen molar-refractivity contribution in [2.24, 2.45) is 0 Å². The molecule has 0 bridgehead atoms. The van der Waals surface area contributed by atoms with E-state index in [-0.39, 0.29) is 19.0 Å². The van der Waals surface area contributed by atoms with Crippen LogP contribution < -0.4 is 4.74 Å². The monoisotopic (exact) mass is 583 g/mol. The Morgan fingerprint density at radius 1 is 0.674 bits per heavy atom. The van der Waals surface area contributed by atoms with E-state index in [2.05, 4.69) is 46.8 Å². The Kier molecular flexibility index (Phi) is 11.6. The number of rotatable bonds is 15. The number of hydrogen-bond donors (Lipinski definition) is 2. The van der Waals surface area contributed by atoms with Crippen LogP contribution in [0.2, 0.25) is 0 Å². The number of aromatic nitrogens is 3. The lowest BCUT2D eigenvalue weighted by Crippen LogP contribution is -2.23. The first-order valence-electron chi connectivity index (χ1n) is 15.4. The van der Waals surface area contributed by atoms with Gasteiger partial charge in [0, 0.05) is 23.8 Å². The Morgan fingerprint density at radius 3 is 1.81 bits per heavy atom. The summed E-state index contributed by atoms with van der Waals surface area (Å²) >= 11 is 0. The Bertz CT molecular complexity index is 1430. The van der Waals surface area contributed by atoms with E-state index in [1.165, 1.54) is 31.7 Å². The number of aryl methyl sites for hydroxylation is 2. The summed E-state index contributed by atoms with van der Waals surface area (Å²) in [5, 5.41) is 21.3. The second kappa shape index (κ2) is 15.6. The number of hydrogen-bond acceptors (Lipinski definition) is 7. The molecule has 228 valence electrons. The minimum Gasteiger partial charge on any atom is -0.507 e. The van der Waals surface area contributed by atoms with E-state index in [1.54, 1.807) is 12.1 Å². The minimum absolute atomic E-state index is 0.0173. The molecule has 0 radical (unpaired) electrons. The van der Waals surface area contributed by atoms with Crippen molar-refractivity contribution in [3.8, 4) is 45.7 Å². The molecule has 43 heavy (non-hydrogen) atoms. The highest BCUT2D eigenvalue weighted by molar-refractivity contribution is 5.72. The second-order valence-electron chi connectivity index (χ2n) is 11.3. The molecular weight excluding hydrogens is 538 g/mol. The summed E-state index contributed by atoms with van der Waals surface area (Å²) in [6.07, 6.45) is 6.41. The molecule has 0 aliphatic rings. The molecule has 1 atom stereocenters. The first kappa shape index (κ1) is 32.1. The lowest BCUT2D eigenvalue weighted by Gasteiger charge is -2.15. The van der Waals surface area contributed by atoms with Gasteiger partial charge in [-0.05, 0) is 68.5 Å². The number of benzene rings is 3. The van der Waals surface area contributed by atoms with E-state index >= 15 is 0 Å². The van der Waals surface area contributed by atoms with Crippen LogP contribution in [0.5, 0.6) is 11.5 Å². The van der Waals surface area contributed by atoms with E-state index in [0.29, 0.717) is 35.4 Å². The molecule has 0 fully saturated rings. The molecular formula is C36H45N3O4. The molecule has 0 spiro atoms. The fourth-order valence-corrected chi connectivity index (χ4v) is 4.96. The van der Waals surface area contributed by atoms with Gasteiger partial charge >= 0.3 is 0 Å². The van der Waals surface area contributed by atoms with Gasteiger partial charge in [0.15, 0.2) is 17.5 Å². The number of aliphatic hydroxyl groups excluding tert-OH is 1. The SMILES string of the molecule is CCCCCCCCOCC(O)COc1ccc(-c2nc(-c3cccc(C)c3C)nc(-c3cccc(C)c3C)n2)c(O)c1. The molecule has 7 heteroatoms. The predicted octanol–water partition coefficient (Wildman–Crippen LogP) is 7.93. The van der Waals surface area contributed by atoms with Gasteiger partial charge in [-0.1, -0.05) is 75.4 Å². The Morgan fingerprint density at radius 2 is 1.23 bits per heavy atom. The Labute approximate surface area is 256 Å². The number of aliphatic hydroxyl groups is 1. The Balaban J connectivity index is 1.50. The number of phenolic OH excluding ortho intramolecular Hbond substituents is 1. The van der Waals surface area contributed by atoms with Crippen molar-refractivity contribution in [1.29, 1.82) is 0 Å². The number of ether oxygens (including phenoxy) is 2. The summed E-state index contributed by atoms with van der Waals surface area (Å²) in [6, 6.07) is 17.1. The van der Waals surface area contributed by atoms with Gasteiger partial charge in [-0.3, -0.25) is 0 Å². The number of aromatic hydroxyl groups is 1. The number of phenols is 1. The first-order chi connectivity index (χ1) is 20.8. The topological polar surface area (TPSA) is 97.6 Å². The van der Waals surface area contributed by atoms with E-state index in [1.807, 2.05) is 24.3 Å². The van der Waals surface area contributed by atoms with Crippen molar-refractivity contribution in [3.63, 3.8) is 0 Å². The van der Waals surface area contributed by atoms with Crippen LogP contribution >= 0.6 is 0 Å². The van der Waals surface area contributed by atoms with Crippen molar-refractivity contribution in [3.05, 3.63) is 76.9 Å². The van der Waals surface area contributed by atoms with Gasteiger partial charge in [0.2, 0.25) is 0 Å². The average Bonchev–Trinajstić information content (AvgIpc) is 3.00. The predicted molar refractivity (Wildman–Crippen MR) is 172 cm³/mol.